The van der Waals surface area contributed by atoms with Gasteiger partial charge in [-0.15, -0.1) is 0 Å². The van der Waals surface area contributed by atoms with Crippen LogP contribution in [0.2, 0.25) is 0 Å². The smallest absolute Gasteiger partial charge is 0.338 e. The van der Waals surface area contributed by atoms with E-state index in [1.807, 2.05) is 35.9 Å². The Kier molecular flexibility index (Phi) is 8.01. The lowest BCUT2D eigenvalue weighted by molar-refractivity contribution is -0.0515. The summed E-state index contributed by atoms with van der Waals surface area (Å²) in [6, 6.07) is 9.50. The van der Waals surface area contributed by atoms with E-state index in [-0.39, 0.29) is 12.1 Å². The van der Waals surface area contributed by atoms with Crippen molar-refractivity contribution in [3.05, 3.63) is 59.7 Å². The van der Waals surface area contributed by atoms with Crippen molar-refractivity contribution in [2.75, 3.05) is 0 Å². The fourth-order valence-corrected chi connectivity index (χ4v) is 9.56. The third-order valence-corrected chi connectivity index (χ3v) is 12.0. The lowest BCUT2D eigenvalue weighted by Crippen LogP contribution is -2.50. The summed E-state index contributed by atoms with van der Waals surface area (Å²) >= 11 is 0. The van der Waals surface area contributed by atoms with Gasteiger partial charge in [-0.3, -0.25) is 0 Å². The maximum Gasteiger partial charge on any atom is 0.338 e. The molecule has 0 heterocycles. The Balaban J connectivity index is 1.27. The molecule has 0 saturated heterocycles. The van der Waals surface area contributed by atoms with E-state index in [1.165, 1.54) is 44.9 Å². The van der Waals surface area contributed by atoms with Crippen molar-refractivity contribution in [1.82, 2.24) is 0 Å². The van der Waals surface area contributed by atoms with Crippen molar-refractivity contribution in [3.8, 4) is 0 Å². The van der Waals surface area contributed by atoms with Gasteiger partial charge in [-0.25, -0.2) is 4.79 Å². The molecule has 0 aliphatic heterocycles. The summed E-state index contributed by atoms with van der Waals surface area (Å²) in [5.41, 5.74) is 3.30. The number of benzene rings is 1. The van der Waals surface area contributed by atoms with E-state index >= 15 is 0 Å². The number of hydrogen-bond donors (Lipinski definition) is 0. The minimum Gasteiger partial charge on any atom is -0.459 e. The molecule has 208 valence electrons. The molecule has 1 aromatic rings. The Morgan fingerprint density at radius 1 is 0.974 bits per heavy atom. The first kappa shape index (κ1) is 27.7. The van der Waals surface area contributed by atoms with Crippen LogP contribution in [0.15, 0.2) is 54.1 Å². The highest BCUT2D eigenvalue weighted by molar-refractivity contribution is 5.89. The highest BCUT2D eigenvalue weighted by atomic mass is 16.5. The van der Waals surface area contributed by atoms with Gasteiger partial charge in [0.1, 0.15) is 6.10 Å². The molecule has 2 heteroatoms. The van der Waals surface area contributed by atoms with Gasteiger partial charge in [0, 0.05) is 0 Å². The Hall–Kier alpha value is -1.83. The molecule has 0 amide bonds. The van der Waals surface area contributed by atoms with Crippen LogP contribution in [0.25, 0.3) is 0 Å². The highest BCUT2D eigenvalue weighted by Gasteiger charge is 2.58. The second kappa shape index (κ2) is 11.0. The van der Waals surface area contributed by atoms with Crippen molar-refractivity contribution >= 4 is 5.97 Å². The summed E-state index contributed by atoms with van der Waals surface area (Å²) < 4.78 is 6.03. The van der Waals surface area contributed by atoms with E-state index in [1.54, 1.807) is 0 Å². The van der Waals surface area contributed by atoms with Gasteiger partial charge in [-0.1, -0.05) is 83.5 Å². The molecular weight excluding hydrogens is 464 g/mol. The van der Waals surface area contributed by atoms with Crippen LogP contribution in [0.1, 0.15) is 110 Å². The average molecular weight is 517 g/mol. The van der Waals surface area contributed by atoms with Crippen LogP contribution < -0.4 is 0 Å². The molecule has 4 aliphatic carbocycles. The molecule has 3 saturated carbocycles. The van der Waals surface area contributed by atoms with Gasteiger partial charge in [0.25, 0.3) is 0 Å². The maximum absolute atomic E-state index is 12.7. The Morgan fingerprint density at radius 2 is 1.68 bits per heavy atom. The summed E-state index contributed by atoms with van der Waals surface area (Å²) in [5, 5.41) is 0. The van der Waals surface area contributed by atoms with E-state index in [0.29, 0.717) is 34.1 Å². The first-order valence-electron chi connectivity index (χ1n) is 15.8. The SMILES string of the molecule is CC[C@@H](/C=C/[C@@H](C)[C@H]1CC[C@H]2C3=CC[C@H]4C[C@@H](OC(=O)c5ccccc5)CC[C@]4(C)[C@H]3CC[C@]12C)C(C)C. The molecule has 2 nitrogen and oxygen atoms in total. The fourth-order valence-electron chi connectivity index (χ4n) is 9.56. The van der Waals surface area contributed by atoms with Gasteiger partial charge in [0.05, 0.1) is 5.56 Å². The molecule has 0 bridgehead atoms. The van der Waals surface area contributed by atoms with E-state index in [4.69, 9.17) is 4.74 Å². The number of rotatable bonds is 7. The molecular formula is C36H52O2. The number of carbonyl (C=O) groups is 1. The Labute approximate surface area is 232 Å². The largest absolute Gasteiger partial charge is 0.459 e. The van der Waals surface area contributed by atoms with Crippen LogP contribution >= 0.6 is 0 Å². The molecule has 0 spiro atoms. The van der Waals surface area contributed by atoms with Crippen molar-refractivity contribution < 1.29 is 9.53 Å². The number of hydrogen-bond acceptors (Lipinski definition) is 2. The first-order chi connectivity index (χ1) is 18.2. The Bertz CT molecular complexity index is 1040. The molecule has 0 aromatic heterocycles. The van der Waals surface area contributed by atoms with Gasteiger partial charge in [-0.2, -0.15) is 0 Å². The standard InChI is InChI=1S/C36H52O2/c1-7-26(24(2)3)14-13-25(4)31-17-18-32-30-16-15-28-23-29(38-34(37)27-11-9-8-10-12-27)19-21-35(28,5)33(30)20-22-36(31,32)6/h8-14,16,24-26,28-29,31-33H,7,15,17-23H2,1-6H3/b14-13+/t25-,26+,28+,29+,31-,32+,33+,35+,36-/m1/s1. The van der Waals surface area contributed by atoms with Crippen molar-refractivity contribution in [2.24, 2.45) is 52.3 Å². The van der Waals surface area contributed by atoms with Crippen LogP contribution in [0.5, 0.6) is 0 Å². The molecule has 5 rings (SSSR count). The second-order valence-electron chi connectivity index (χ2n) is 14.2. The summed E-state index contributed by atoms with van der Waals surface area (Å²) in [4.78, 5) is 12.7. The van der Waals surface area contributed by atoms with Crippen molar-refractivity contribution in [2.45, 2.75) is 105 Å². The Morgan fingerprint density at radius 3 is 2.39 bits per heavy atom. The zero-order chi connectivity index (χ0) is 27.1. The predicted octanol–water partition coefficient (Wildman–Crippen LogP) is 9.67. The van der Waals surface area contributed by atoms with E-state index in [0.717, 1.165) is 36.5 Å². The second-order valence-corrected chi connectivity index (χ2v) is 14.2. The zero-order valence-corrected chi connectivity index (χ0v) is 24.9. The third-order valence-electron chi connectivity index (χ3n) is 12.0. The topological polar surface area (TPSA) is 26.3 Å². The number of ether oxygens (including phenoxy) is 1. The molecule has 38 heavy (non-hydrogen) atoms. The van der Waals surface area contributed by atoms with E-state index < -0.39 is 0 Å². The monoisotopic (exact) mass is 516 g/mol. The molecule has 0 N–H and O–H groups in total. The minimum absolute atomic E-state index is 0.0610. The molecule has 4 aliphatic rings. The lowest BCUT2D eigenvalue weighted by Gasteiger charge is -2.58. The number of allylic oxidation sites excluding steroid dienone is 4. The van der Waals surface area contributed by atoms with Crippen LogP contribution in [-0.2, 0) is 4.74 Å². The van der Waals surface area contributed by atoms with Crippen LogP contribution in [0.4, 0.5) is 0 Å². The minimum atomic E-state index is -0.154. The van der Waals surface area contributed by atoms with E-state index in [9.17, 15) is 4.79 Å². The first-order valence-corrected chi connectivity index (χ1v) is 15.8. The summed E-state index contributed by atoms with van der Waals surface area (Å²) in [7, 11) is 0. The summed E-state index contributed by atoms with van der Waals surface area (Å²) in [6.45, 7) is 14.8. The normalized spacial score (nSPS) is 38.2. The van der Waals surface area contributed by atoms with Gasteiger partial charge in [0.2, 0.25) is 0 Å². The van der Waals surface area contributed by atoms with Gasteiger partial charge < -0.3 is 4.74 Å². The number of carbonyl (C=O) groups excluding carboxylic acids is 1. The van der Waals surface area contributed by atoms with Crippen molar-refractivity contribution in [1.29, 1.82) is 0 Å². The number of esters is 1. The molecule has 3 fully saturated rings. The highest BCUT2D eigenvalue weighted by Crippen LogP contribution is 2.67. The molecule has 0 radical (unpaired) electrons. The number of fused-ring (bicyclic) bond motifs is 5. The predicted molar refractivity (Wildman–Crippen MR) is 158 cm³/mol. The third kappa shape index (κ3) is 4.95. The zero-order valence-electron chi connectivity index (χ0n) is 24.9. The van der Waals surface area contributed by atoms with Gasteiger partial charge in [-0.05, 0) is 122 Å². The lowest BCUT2D eigenvalue weighted by atomic mass is 9.47. The van der Waals surface area contributed by atoms with Gasteiger partial charge >= 0.3 is 5.97 Å². The van der Waals surface area contributed by atoms with Crippen LogP contribution in [0.3, 0.4) is 0 Å². The van der Waals surface area contributed by atoms with Gasteiger partial charge in [0.15, 0.2) is 0 Å². The van der Waals surface area contributed by atoms with E-state index in [2.05, 4.69) is 59.8 Å². The van der Waals surface area contributed by atoms with Crippen LogP contribution in [0, 0.1) is 52.3 Å². The molecule has 1 aromatic carbocycles. The van der Waals surface area contributed by atoms with Crippen LogP contribution in [-0.4, -0.2) is 12.1 Å². The quantitative estimate of drug-likeness (QED) is 0.266. The molecule has 0 unspecified atom stereocenters. The van der Waals surface area contributed by atoms with Crippen molar-refractivity contribution in [3.63, 3.8) is 0 Å². The molecule has 9 atom stereocenters. The summed E-state index contributed by atoms with van der Waals surface area (Å²) in [6.07, 6.45) is 19.0. The maximum atomic E-state index is 12.7. The summed E-state index contributed by atoms with van der Waals surface area (Å²) in [5.74, 6) is 4.86. The fraction of sp³-hybridized carbons (Fsp3) is 0.694. The average Bonchev–Trinajstić information content (AvgIpc) is 3.26.